The number of carbonyl (C=O) groups is 1. The number of hydrogen-bond donors (Lipinski definition) is 1. The van der Waals surface area contributed by atoms with Gasteiger partial charge in [-0.1, -0.05) is 24.6 Å². The van der Waals surface area contributed by atoms with Crippen LogP contribution in [0.15, 0.2) is 24.5 Å². The van der Waals surface area contributed by atoms with Crippen molar-refractivity contribution in [1.82, 2.24) is 9.97 Å². The minimum absolute atomic E-state index is 0.191. The van der Waals surface area contributed by atoms with Gasteiger partial charge in [0.05, 0.1) is 0 Å². The Morgan fingerprint density at radius 3 is 2.56 bits per heavy atom. The van der Waals surface area contributed by atoms with Crippen LogP contribution in [0.2, 0.25) is 0 Å². The van der Waals surface area contributed by atoms with Gasteiger partial charge >= 0.3 is 0 Å². The number of nitrogens with one attached hydrogen (secondary N) is 1. The van der Waals surface area contributed by atoms with Crippen LogP contribution in [-0.4, -0.2) is 29.0 Å². The Bertz CT molecular complexity index is 764. The molecule has 25 heavy (non-hydrogen) atoms. The second kappa shape index (κ2) is 7.21. The number of amides is 1. The van der Waals surface area contributed by atoms with E-state index in [9.17, 15) is 4.79 Å². The summed E-state index contributed by atoms with van der Waals surface area (Å²) in [6.45, 7) is 10.3. The topological polar surface area (TPSA) is 58.1 Å². The van der Waals surface area contributed by atoms with Gasteiger partial charge in [-0.25, -0.2) is 9.97 Å². The van der Waals surface area contributed by atoms with E-state index in [0.717, 1.165) is 42.1 Å². The largest absolute Gasteiger partial charge is 0.356 e. The molecule has 2 heterocycles. The number of benzene rings is 1. The first-order chi connectivity index (χ1) is 11.9. The van der Waals surface area contributed by atoms with E-state index in [2.05, 4.69) is 46.2 Å². The lowest BCUT2D eigenvalue weighted by Gasteiger charge is -2.31. The first-order valence-electron chi connectivity index (χ1n) is 8.90. The summed E-state index contributed by atoms with van der Waals surface area (Å²) in [5.41, 5.74) is 4.58. The second-order valence-corrected chi connectivity index (χ2v) is 7.18. The molecule has 2 aromatic rings. The van der Waals surface area contributed by atoms with Crippen molar-refractivity contribution in [2.24, 2.45) is 5.92 Å². The van der Waals surface area contributed by atoms with Gasteiger partial charge < -0.3 is 10.2 Å². The van der Waals surface area contributed by atoms with E-state index in [1.807, 2.05) is 13.8 Å². The molecular formula is C20H26N4O. The summed E-state index contributed by atoms with van der Waals surface area (Å²) in [5, 5.41) is 3.01. The van der Waals surface area contributed by atoms with Crippen molar-refractivity contribution in [3.8, 4) is 0 Å². The summed E-state index contributed by atoms with van der Waals surface area (Å²) in [6.07, 6.45) is 3.90. The maximum atomic E-state index is 12.7. The van der Waals surface area contributed by atoms with Gasteiger partial charge in [-0.2, -0.15) is 0 Å². The summed E-state index contributed by atoms with van der Waals surface area (Å²) in [4.78, 5) is 23.5. The van der Waals surface area contributed by atoms with Crippen LogP contribution in [0.5, 0.6) is 0 Å². The molecule has 1 aliphatic rings. The molecule has 1 N–H and O–H groups in total. The normalized spacial score (nSPS) is 17.4. The van der Waals surface area contributed by atoms with Crippen LogP contribution in [0.25, 0.3) is 0 Å². The zero-order valence-corrected chi connectivity index (χ0v) is 15.5. The highest BCUT2D eigenvalue weighted by atomic mass is 16.1. The molecule has 1 amide bonds. The van der Waals surface area contributed by atoms with Gasteiger partial charge in [0, 0.05) is 24.8 Å². The molecule has 1 unspecified atom stereocenters. The molecule has 1 saturated heterocycles. The molecule has 132 valence electrons. The average Bonchev–Trinajstić information content (AvgIpc) is 2.58. The summed E-state index contributed by atoms with van der Waals surface area (Å²) in [6, 6.07) is 5.94. The van der Waals surface area contributed by atoms with Crippen molar-refractivity contribution >= 4 is 17.4 Å². The molecule has 1 atom stereocenters. The SMILES string of the molecule is Cc1cc(C)c(NC(=O)c2cc(N3CCCC(C)C3)ncn2)c(C)c1. The molecule has 0 radical (unpaired) electrons. The Labute approximate surface area is 149 Å². The fraction of sp³-hybridized carbons (Fsp3) is 0.450. The second-order valence-electron chi connectivity index (χ2n) is 7.18. The van der Waals surface area contributed by atoms with Gasteiger partial charge in [-0.15, -0.1) is 0 Å². The molecular weight excluding hydrogens is 312 g/mol. The molecule has 0 aliphatic carbocycles. The van der Waals surface area contributed by atoms with Gasteiger partial charge in [-0.3, -0.25) is 4.79 Å². The number of aryl methyl sites for hydroxylation is 3. The number of nitrogens with zero attached hydrogens (tertiary/aromatic N) is 3. The Morgan fingerprint density at radius 1 is 1.16 bits per heavy atom. The third-order valence-corrected chi connectivity index (χ3v) is 4.78. The fourth-order valence-electron chi connectivity index (χ4n) is 3.60. The van der Waals surface area contributed by atoms with E-state index in [0.29, 0.717) is 11.6 Å². The van der Waals surface area contributed by atoms with E-state index < -0.39 is 0 Å². The lowest BCUT2D eigenvalue weighted by Crippen LogP contribution is -2.35. The van der Waals surface area contributed by atoms with Gasteiger partial charge in [0.1, 0.15) is 17.8 Å². The molecule has 5 nitrogen and oxygen atoms in total. The molecule has 1 fully saturated rings. The van der Waals surface area contributed by atoms with E-state index in [-0.39, 0.29) is 5.91 Å². The molecule has 1 aliphatic heterocycles. The van der Waals surface area contributed by atoms with Crippen molar-refractivity contribution in [1.29, 1.82) is 0 Å². The first-order valence-corrected chi connectivity index (χ1v) is 8.90. The Morgan fingerprint density at radius 2 is 1.88 bits per heavy atom. The fourth-order valence-corrected chi connectivity index (χ4v) is 3.60. The number of anilines is 2. The number of carbonyl (C=O) groups excluding carboxylic acids is 1. The van der Waals surface area contributed by atoms with Crippen molar-refractivity contribution in [2.45, 2.75) is 40.5 Å². The zero-order chi connectivity index (χ0) is 18.0. The quantitative estimate of drug-likeness (QED) is 0.922. The Balaban J connectivity index is 1.80. The smallest absolute Gasteiger partial charge is 0.274 e. The van der Waals surface area contributed by atoms with Crippen LogP contribution in [0.4, 0.5) is 11.5 Å². The van der Waals surface area contributed by atoms with Crippen LogP contribution >= 0.6 is 0 Å². The van der Waals surface area contributed by atoms with Gasteiger partial charge in [-0.05, 0) is 50.7 Å². The predicted molar refractivity (Wildman–Crippen MR) is 101 cm³/mol. The molecule has 1 aromatic heterocycles. The van der Waals surface area contributed by atoms with Crippen molar-refractivity contribution in [3.05, 3.63) is 46.9 Å². The Kier molecular flexibility index (Phi) is 5.02. The lowest BCUT2D eigenvalue weighted by atomic mass is 10.0. The van der Waals surface area contributed by atoms with Gasteiger partial charge in [0.15, 0.2) is 0 Å². The summed E-state index contributed by atoms with van der Waals surface area (Å²) in [7, 11) is 0. The van der Waals surface area contributed by atoms with E-state index in [1.54, 1.807) is 6.07 Å². The molecule has 1 aromatic carbocycles. The monoisotopic (exact) mass is 338 g/mol. The number of hydrogen-bond acceptors (Lipinski definition) is 4. The number of aromatic nitrogens is 2. The van der Waals surface area contributed by atoms with Crippen LogP contribution in [0, 0.1) is 26.7 Å². The van der Waals surface area contributed by atoms with Crippen LogP contribution in [0.1, 0.15) is 46.9 Å². The standard InChI is InChI=1S/C20H26N4O/c1-13-6-5-7-24(11-13)18-10-17(21-12-22-18)20(25)23-19-15(3)8-14(2)9-16(19)4/h8-10,12-13H,5-7,11H2,1-4H3,(H,23,25). The van der Waals surface area contributed by atoms with Crippen LogP contribution in [-0.2, 0) is 0 Å². The van der Waals surface area contributed by atoms with Crippen LogP contribution < -0.4 is 10.2 Å². The highest BCUT2D eigenvalue weighted by molar-refractivity contribution is 6.04. The zero-order valence-electron chi connectivity index (χ0n) is 15.5. The molecule has 5 heteroatoms. The first kappa shape index (κ1) is 17.4. The maximum Gasteiger partial charge on any atom is 0.274 e. The van der Waals surface area contributed by atoms with Gasteiger partial charge in [0.25, 0.3) is 5.91 Å². The van der Waals surface area contributed by atoms with Crippen molar-refractivity contribution < 1.29 is 4.79 Å². The molecule has 0 saturated carbocycles. The highest BCUT2D eigenvalue weighted by Crippen LogP contribution is 2.24. The number of piperidine rings is 1. The minimum atomic E-state index is -0.191. The van der Waals surface area contributed by atoms with E-state index in [4.69, 9.17) is 0 Å². The number of rotatable bonds is 3. The third-order valence-electron chi connectivity index (χ3n) is 4.78. The van der Waals surface area contributed by atoms with Crippen LogP contribution in [0.3, 0.4) is 0 Å². The Hall–Kier alpha value is -2.43. The molecule has 0 spiro atoms. The molecule has 3 rings (SSSR count). The van der Waals surface area contributed by atoms with Crippen molar-refractivity contribution in [2.75, 3.05) is 23.3 Å². The summed E-state index contributed by atoms with van der Waals surface area (Å²) in [5.74, 6) is 1.30. The highest BCUT2D eigenvalue weighted by Gasteiger charge is 2.19. The minimum Gasteiger partial charge on any atom is -0.356 e. The maximum absolute atomic E-state index is 12.7. The lowest BCUT2D eigenvalue weighted by molar-refractivity contribution is 0.102. The molecule has 0 bridgehead atoms. The average molecular weight is 338 g/mol. The van der Waals surface area contributed by atoms with E-state index in [1.165, 1.54) is 18.3 Å². The van der Waals surface area contributed by atoms with E-state index >= 15 is 0 Å². The van der Waals surface area contributed by atoms with Gasteiger partial charge in [0.2, 0.25) is 0 Å². The predicted octanol–water partition coefficient (Wildman–Crippen LogP) is 3.89. The summed E-state index contributed by atoms with van der Waals surface area (Å²) >= 11 is 0. The third kappa shape index (κ3) is 3.98. The van der Waals surface area contributed by atoms with Crippen molar-refractivity contribution in [3.63, 3.8) is 0 Å². The summed E-state index contributed by atoms with van der Waals surface area (Å²) < 4.78 is 0.